The maximum Gasteiger partial charge on any atom is 0.325 e. The molecule has 3 N–H and O–H groups in total. The van der Waals surface area contributed by atoms with Crippen LogP contribution in [0.25, 0.3) is 0 Å². The monoisotopic (exact) mass is 380 g/mol. The molecule has 0 fully saturated rings. The molecule has 0 aliphatic carbocycles. The lowest BCUT2D eigenvalue weighted by atomic mass is 10.2. The van der Waals surface area contributed by atoms with Crippen LogP contribution in [-0.2, 0) is 11.2 Å². The van der Waals surface area contributed by atoms with Crippen LogP contribution in [0.2, 0.25) is 0 Å². The van der Waals surface area contributed by atoms with Crippen molar-refractivity contribution in [2.24, 2.45) is 5.10 Å². The Labute approximate surface area is 159 Å². The number of benzene rings is 2. The molecular weight excluding hydrogens is 364 g/mol. The third-order valence-corrected chi connectivity index (χ3v) is 4.07. The van der Waals surface area contributed by atoms with Crippen molar-refractivity contribution in [2.45, 2.75) is 6.42 Å². The number of rotatable bonds is 6. The van der Waals surface area contributed by atoms with E-state index in [9.17, 15) is 9.59 Å². The molecule has 0 radical (unpaired) electrons. The number of nitrogens with one attached hydrogen (secondary N) is 3. The summed E-state index contributed by atoms with van der Waals surface area (Å²) in [6.45, 7) is 0. The van der Waals surface area contributed by atoms with Gasteiger partial charge in [-0.15, -0.1) is 10.2 Å². The van der Waals surface area contributed by atoms with E-state index in [2.05, 4.69) is 31.4 Å². The van der Waals surface area contributed by atoms with Gasteiger partial charge in [0.05, 0.1) is 12.6 Å². The topological polar surface area (TPSA) is 108 Å². The van der Waals surface area contributed by atoms with Crippen LogP contribution in [0.4, 0.5) is 15.6 Å². The van der Waals surface area contributed by atoms with Crippen LogP contribution in [0.3, 0.4) is 0 Å². The Kier molecular flexibility index (Phi) is 6.21. The van der Waals surface area contributed by atoms with E-state index in [1.54, 1.807) is 18.3 Å². The van der Waals surface area contributed by atoms with Crippen molar-refractivity contribution in [1.29, 1.82) is 0 Å². The van der Waals surface area contributed by atoms with Crippen LogP contribution in [-0.4, -0.2) is 28.4 Å². The van der Waals surface area contributed by atoms with Gasteiger partial charge in [0.2, 0.25) is 11.0 Å². The molecule has 136 valence electrons. The molecule has 1 aromatic heterocycles. The van der Waals surface area contributed by atoms with Crippen LogP contribution in [0.5, 0.6) is 0 Å². The minimum Gasteiger partial charge on any atom is -0.308 e. The zero-order chi connectivity index (χ0) is 18.9. The van der Waals surface area contributed by atoms with E-state index in [-0.39, 0.29) is 12.3 Å². The maximum atomic E-state index is 11.9. The molecule has 2 aromatic carbocycles. The van der Waals surface area contributed by atoms with Gasteiger partial charge in [-0.05, 0) is 17.7 Å². The third kappa shape index (κ3) is 6.01. The lowest BCUT2D eigenvalue weighted by molar-refractivity contribution is -0.120. The number of carbonyl (C=O) groups excluding carboxylic acids is 2. The molecule has 0 aliphatic heterocycles. The maximum absolute atomic E-state index is 11.9. The second-order valence-electron chi connectivity index (χ2n) is 5.33. The highest BCUT2D eigenvalue weighted by Gasteiger charge is 2.11. The standard InChI is InChI=1S/C18H16N6O2S/c25-15(22-19-12-13-7-3-1-4-8-13)11-16-23-24-18(27-16)21-17(26)20-14-9-5-2-6-10-14/h1-10,12H,11H2,(H,22,25)(H2,20,21,24,26). The van der Waals surface area contributed by atoms with Crippen LogP contribution in [0, 0.1) is 0 Å². The van der Waals surface area contributed by atoms with Crippen molar-refractivity contribution >= 4 is 40.3 Å². The minimum absolute atomic E-state index is 0.0196. The second kappa shape index (κ2) is 9.20. The molecule has 0 atom stereocenters. The summed E-state index contributed by atoms with van der Waals surface area (Å²) in [6, 6.07) is 18.0. The van der Waals surface area contributed by atoms with Gasteiger partial charge in [-0.3, -0.25) is 10.1 Å². The third-order valence-electron chi connectivity index (χ3n) is 3.23. The molecule has 8 nitrogen and oxygen atoms in total. The van der Waals surface area contributed by atoms with Crippen molar-refractivity contribution in [1.82, 2.24) is 15.6 Å². The van der Waals surface area contributed by atoms with E-state index >= 15 is 0 Å². The Morgan fingerprint density at radius 3 is 2.41 bits per heavy atom. The lowest BCUT2D eigenvalue weighted by Gasteiger charge is -2.03. The van der Waals surface area contributed by atoms with E-state index in [1.807, 2.05) is 48.5 Å². The molecule has 3 aromatic rings. The predicted octanol–water partition coefficient (Wildman–Crippen LogP) is 2.87. The summed E-state index contributed by atoms with van der Waals surface area (Å²) in [4.78, 5) is 23.8. The number of hydrogen-bond acceptors (Lipinski definition) is 6. The van der Waals surface area contributed by atoms with Crippen LogP contribution < -0.4 is 16.1 Å². The average molecular weight is 380 g/mol. The van der Waals surface area contributed by atoms with Gasteiger partial charge < -0.3 is 5.32 Å². The van der Waals surface area contributed by atoms with Gasteiger partial charge in [0.25, 0.3) is 0 Å². The lowest BCUT2D eigenvalue weighted by Crippen LogP contribution is -2.19. The summed E-state index contributed by atoms with van der Waals surface area (Å²) < 4.78 is 0. The van der Waals surface area contributed by atoms with Gasteiger partial charge in [0.1, 0.15) is 5.01 Å². The van der Waals surface area contributed by atoms with Crippen molar-refractivity contribution in [3.05, 3.63) is 71.2 Å². The number of aromatic nitrogens is 2. The molecule has 0 unspecified atom stereocenters. The normalized spacial score (nSPS) is 10.5. The van der Waals surface area contributed by atoms with Crippen molar-refractivity contribution in [3.63, 3.8) is 0 Å². The zero-order valence-electron chi connectivity index (χ0n) is 14.1. The van der Waals surface area contributed by atoms with Crippen molar-refractivity contribution < 1.29 is 9.59 Å². The molecule has 1 heterocycles. The zero-order valence-corrected chi connectivity index (χ0v) is 14.9. The highest BCUT2D eigenvalue weighted by atomic mass is 32.1. The summed E-state index contributed by atoms with van der Waals surface area (Å²) in [5, 5.41) is 17.7. The Bertz CT molecular complexity index is 927. The predicted molar refractivity (Wildman–Crippen MR) is 105 cm³/mol. The smallest absolute Gasteiger partial charge is 0.308 e. The average Bonchev–Trinajstić information content (AvgIpc) is 3.10. The van der Waals surface area contributed by atoms with Gasteiger partial charge >= 0.3 is 6.03 Å². The number of amides is 3. The number of carbonyl (C=O) groups is 2. The first kappa shape index (κ1) is 18.2. The number of hydrogen-bond donors (Lipinski definition) is 3. The molecule has 0 aliphatic rings. The molecule has 0 saturated heterocycles. The first-order chi connectivity index (χ1) is 13.2. The first-order valence-corrected chi connectivity index (χ1v) is 8.83. The highest BCUT2D eigenvalue weighted by Crippen LogP contribution is 2.16. The Morgan fingerprint density at radius 1 is 0.963 bits per heavy atom. The molecular formula is C18H16N6O2S. The van der Waals surface area contributed by atoms with Crippen molar-refractivity contribution in [3.8, 4) is 0 Å². The quantitative estimate of drug-likeness (QED) is 0.451. The minimum atomic E-state index is -0.430. The van der Waals surface area contributed by atoms with E-state index in [1.165, 1.54) is 0 Å². The molecule has 9 heteroatoms. The fourth-order valence-corrected chi connectivity index (χ4v) is 2.78. The fourth-order valence-electron chi connectivity index (χ4n) is 2.05. The van der Waals surface area contributed by atoms with E-state index in [4.69, 9.17) is 0 Å². The molecule has 0 saturated carbocycles. The summed E-state index contributed by atoms with van der Waals surface area (Å²) in [5.41, 5.74) is 3.97. The molecule has 27 heavy (non-hydrogen) atoms. The second-order valence-corrected chi connectivity index (χ2v) is 6.39. The van der Waals surface area contributed by atoms with Gasteiger partial charge in [-0.2, -0.15) is 5.10 Å². The van der Waals surface area contributed by atoms with E-state index < -0.39 is 6.03 Å². The van der Waals surface area contributed by atoms with Crippen LogP contribution >= 0.6 is 11.3 Å². The summed E-state index contributed by atoms with van der Waals surface area (Å²) >= 11 is 1.12. The number of hydrazone groups is 1. The van der Waals surface area contributed by atoms with E-state index in [0.717, 1.165) is 16.9 Å². The van der Waals surface area contributed by atoms with E-state index in [0.29, 0.717) is 15.8 Å². The first-order valence-electron chi connectivity index (χ1n) is 8.01. The summed E-state index contributed by atoms with van der Waals surface area (Å²) in [7, 11) is 0. The van der Waals surface area contributed by atoms with Gasteiger partial charge in [0, 0.05) is 5.69 Å². The molecule has 3 amide bonds. The molecule has 0 bridgehead atoms. The Balaban J connectivity index is 1.46. The molecule has 0 spiro atoms. The van der Waals surface area contributed by atoms with Gasteiger partial charge in [-0.25, -0.2) is 10.2 Å². The number of urea groups is 1. The number of nitrogens with zero attached hydrogens (tertiary/aromatic N) is 3. The fraction of sp³-hybridized carbons (Fsp3) is 0.0556. The highest BCUT2D eigenvalue weighted by molar-refractivity contribution is 7.15. The van der Waals surface area contributed by atoms with Crippen molar-refractivity contribution in [2.75, 3.05) is 10.6 Å². The molecule has 3 rings (SSSR count). The Morgan fingerprint density at radius 2 is 1.67 bits per heavy atom. The SMILES string of the molecule is O=C(Cc1nnc(NC(=O)Nc2ccccc2)s1)NN=Cc1ccccc1. The van der Waals surface area contributed by atoms with Crippen LogP contribution in [0.15, 0.2) is 65.8 Å². The largest absolute Gasteiger partial charge is 0.325 e. The summed E-state index contributed by atoms with van der Waals surface area (Å²) in [5.74, 6) is -0.321. The number of anilines is 2. The number of para-hydroxylation sites is 1. The van der Waals surface area contributed by atoms with Gasteiger partial charge in [0.15, 0.2) is 0 Å². The Hall–Kier alpha value is -3.59. The van der Waals surface area contributed by atoms with Gasteiger partial charge in [-0.1, -0.05) is 59.9 Å². The summed E-state index contributed by atoms with van der Waals surface area (Å²) in [6.07, 6.45) is 1.57. The van der Waals surface area contributed by atoms with Crippen LogP contribution in [0.1, 0.15) is 10.6 Å².